The second-order valence-corrected chi connectivity index (χ2v) is 3.68. The predicted molar refractivity (Wildman–Crippen MR) is 57.4 cm³/mol. The molecule has 0 bridgehead atoms. The van der Waals surface area contributed by atoms with Crippen molar-refractivity contribution in [2.75, 3.05) is 13.1 Å². The molecule has 2 nitrogen and oxygen atoms in total. The molecule has 1 fully saturated rings. The quantitative estimate of drug-likeness (QED) is 0.819. The molecule has 15 heavy (non-hydrogen) atoms. The van der Waals surface area contributed by atoms with E-state index in [1.54, 1.807) is 12.1 Å². The van der Waals surface area contributed by atoms with Crippen molar-refractivity contribution in [1.82, 2.24) is 5.32 Å². The summed E-state index contributed by atoms with van der Waals surface area (Å²) in [4.78, 5) is 0. The predicted octanol–water partition coefficient (Wildman–Crippen LogP) is 1.80. The van der Waals surface area contributed by atoms with Gasteiger partial charge < -0.3 is 11.1 Å². The molecule has 0 amide bonds. The van der Waals surface area contributed by atoms with Crippen LogP contribution >= 0.6 is 12.4 Å². The molecule has 0 unspecified atom stereocenters. The van der Waals surface area contributed by atoms with Gasteiger partial charge in [0.25, 0.3) is 6.43 Å². The third-order valence-corrected chi connectivity index (χ3v) is 2.62. The molecule has 1 aromatic rings. The largest absolute Gasteiger partial charge is 0.319 e. The van der Waals surface area contributed by atoms with Crippen molar-refractivity contribution < 1.29 is 8.78 Å². The summed E-state index contributed by atoms with van der Waals surface area (Å²) >= 11 is 0. The normalized spacial score (nSPS) is 18.1. The summed E-state index contributed by atoms with van der Waals surface area (Å²) in [6.45, 7) is 1.42. The molecule has 1 heterocycles. The number of halogens is 3. The van der Waals surface area contributed by atoms with Crippen LogP contribution in [0.4, 0.5) is 8.78 Å². The van der Waals surface area contributed by atoms with Gasteiger partial charge >= 0.3 is 0 Å². The summed E-state index contributed by atoms with van der Waals surface area (Å²) in [5.74, 6) is 0. The first kappa shape index (κ1) is 12.4. The van der Waals surface area contributed by atoms with Crippen molar-refractivity contribution in [3.05, 3.63) is 35.4 Å². The number of hydrogen-bond acceptors (Lipinski definition) is 2. The van der Waals surface area contributed by atoms with Crippen LogP contribution in [0.3, 0.4) is 0 Å². The molecular formula is C10H13ClF2N2. The van der Waals surface area contributed by atoms with E-state index in [-0.39, 0.29) is 23.5 Å². The van der Waals surface area contributed by atoms with Crippen LogP contribution in [0.15, 0.2) is 24.3 Å². The molecule has 0 atom stereocenters. The van der Waals surface area contributed by atoms with Crippen LogP contribution in [0.1, 0.15) is 17.6 Å². The molecule has 0 aromatic heterocycles. The third-order valence-electron chi connectivity index (χ3n) is 2.62. The Labute approximate surface area is 93.3 Å². The summed E-state index contributed by atoms with van der Waals surface area (Å²) < 4.78 is 24.5. The molecule has 0 spiro atoms. The summed E-state index contributed by atoms with van der Waals surface area (Å²) in [5.41, 5.74) is 6.60. The van der Waals surface area contributed by atoms with Gasteiger partial charge in [-0.05, 0) is 5.56 Å². The highest BCUT2D eigenvalue weighted by Gasteiger charge is 2.33. The first-order valence-electron chi connectivity index (χ1n) is 4.50. The maximum Gasteiger partial charge on any atom is 0.263 e. The Morgan fingerprint density at radius 2 is 1.73 bits per heavy atom. The molecule has 0 radical (unpaired) electrons. The second kappa shape index (κ2) is 4.43. The second-order valence-electron chi connectivity index (χ2n) is 3.68. The standard InChI is InChI=1S/C10H12F2N2.ClH/c11-9(12)7-1-3-8(4-2-7)10(13)5-14-6-10;/h1-4,9,14H,5-6,13H2;1H. The number of nitrogens with one attached hydrogen (secondary N) is 1. The van der Waals surface area contributed by atoms with E-state index in [4.69, 9.17) is 5.73 Å². The molecule has 1 aromatic carbocycles. The lowest BCUT2D eigenvalue weighted by molar-refractivity contribution is 0.151. The van der Waals surface area contributed by atoms with Crippen molar-refractivity contribution in [3.8, 4) is 0 Å². The van der Waals surface area contributed by atoms with E-state index < -0.39 is 6.43 Å². The molecule has 5 heteroatoms. The third kappa shape index (κ3) is 2.27. The minimum Gasteiger partial charge on any atom is -0.319 e. The maximum absolute atomic E-state index is 12.2. The summed E-state index contributed by atoms with van der Waals surface area (Å²) in [6.07, 6.45) is -2.41. The average molecular weight is 235 g/mol. The fourth-order valence-corrected chi connectivity index (χ4v) is 1.56. The van der Waals surface area contributed by atoms with Crippen molar-refractivity contribution in [2.24, 2.45) is 5.73 Å². The highest BCUT2D eigenvalue weighted by molar-refractivity contribution is 5.85. The molecule has 0 aliphatic carbocycles. The Hall–Kier alpha value is -0.710. The highest BCUT2D eigenvalue weighted by Crippen LogP contribution is 2.25. The minimum atomic E-state index is -2.41. The van der Waals surface area contributed by atoms with Gasteiger partial charge in [-0.25, -0.2) is 8.78 Å². The zero-order valence-corrected chi connectivity index (χ0v) is 8.86. The topological polar surface area (TPSA) is 38.0 Å². The van der Waals surface area contributed by atoms with Gasteiger partial charge in [0.05, 0.1) is 5.54 Å². The number of hydrogen-bond donors (Lipinski definition) is 2. The van der Waals surface area contributed by atoms with Crippen molar-refractivity contribution in [2.45, 2.75) is 12.0 Å². The molecule has 0 saturated carbocycles. The van der Waals surface area contributed by atoms with E-state index in [9.17, 15) is 8.78 Å². The van der Waals surface area contributed by atoms with E-state index >= 15 is 0 Å². The van der Waals surface area contributed by atoms with Crippen LogP contribution in [0.2, 0.25) is 0 Å². The zero-order chi connectivity index (χ0) is 10.2. The first-order chi connectivity index (χ1) is 6.62. The zero-order valence-electron chi connectivity index (χ0n) is 8.04. The summed E-state index contributed by atoms with van der Waals surface area (Å²) in [7, 11) is 0. The van der Waals surface area contributed by atoms with Gasteiger partial charge in [-0.1, -0.05) is 24.3 Å². The molecular weight excluding hydrogens is 222 g/mol. The van der Waals surface area contributed by atoms with Gasteiger partial charge in [0.15, 0.2) is 0 Å². The van der Waals surface area contributed by atoms with Gasteiger partial charge in [-0.3, -0.25) is 0 Å². The lowest BCUT2D eigenvalue weighted by atomic mass is 9.85. The smallest absolute Gasteiger partial charge is 0.263 e. The van der Waals surface area contributed by atoms with Gasteiger partial charge in [-0.2, -0.15) is 0 Å². The van der Waals surface area contributed by atoms with Crippen LogP contribution in [0, 0.1) is 0 Å². The maximum atomic E-state index is 12.2. The van der Waals surface area contributed by atoms with Gasteiger partial charge in [0.1, 0.15) is 0 Å². The highest BCUT2D eigenvalue weighted by atomic mass is 35.5. The van der Waals surface area contributed by atoms with Gasteiger partial charge in [0.2, 0.25) is 0 Å². The summed E-state index contributed by atoms with van der Waals surface area (Å²) in [6, 6.07) is 6.24. The number of rotatable bonds is 2. The van der Waals surface area contributed by atoms with Crippen molar-refractivity contribution >= 4 is 12.4 Å². The van der Waals surface area contributed by atoms with Crippen LogP contribution in [0.25, 0.3) is 0 Å². The molecule has 1 aliphatic rings. The van der Waals surface area contributed by atoms with Gasteiger partial charge in [0, 0.05) is 18.7 Å². The molecule has 3 N–H and O–H groups in total. The average Bonchev–Trinajstić information content (AvgIpc) is 2.14. The lowest BCUT2D eigenvalue weighted by Crippen LogP contribution is -2.62. The van der Waals surface area contributed by atoms with E-state index in [0.717, 1.165) is 5.56 Å². The Balaban J connectivity index is 0.00000112. The lowest BCUT2D eigenvalue weighted by Gasteiger charge is -2.39. The Morgan fingerprint density at radius 3 is 2.07 bits per heavy atom. The molecule has 2 rings (SSSR count). The number of alkyl halides is 2. The van der Waals surface area contributed by atoms with E-state index in [0.29, 0.717) is 13.1 Å². The van der Waals surface area contributed by atoms with E-state index in [2.05, 4.69) is 5.32 Å². The van der Waals surface area contributed by atoms with Crippen LogP contribution in [-0.2, 0) is 5.54 Å². The molecule has 1 aliphatic heterocycles. The van der Waals surface area contributed by atoms with Crippen LogP contribution in [-0.4, -0.2) is 13.1 Å². The Morgan fingerprint density at radius 1 is 1.20 bits per heavy atom. The number of benzene rings is 1. The molecule has 84 valence electrons. The SMILES string of the molecule is Cl.NC1(c2ccc(C(F)F)cc2)CNC1. The fraction of sp³-hybridized carbons (Fsp3) is 0.400. The van der Waals surface area contributed by atoms with Gasteiger partial charge in [-0.15, -0.1) is 12.4 Å². The van der Waals surface area contributed by atoms with Crippen molar-refractivity contribution in [1.29, 1.82) is 0 Å². The van der Waals surface area contributed by atoms with E-state index in [1.807, 2.05) is 0 Å². The monoisotopic (exact) mass is 234 g/mol. The van der Waals surface area contributed by atoms with Crippen molar-refractivity contribution in [3.63, 3.8) is 0 Å². The first-order valence-corrected chi connectivity index (χ1v) is 4.50. The Kier molecular flexibility index (Phi) is 3.65. The molecule has 1 saturated heterocycles. The summed E-state index contributed by atoms with van der Waals surface area (Å²) in [5, 5.41) is 3.06. The van der Waals surface area contributed by atoms with Crippen LogP contribution in [0.5, 0.6) is 0 Å². The van der Waals surface area contributed by atoms with Crippen LogP contribution < -0.4 is 11.1 Å². The number of nitrogens with two attached hydrogens (primary N) is 1. The van der Waals surface area contributed by atoms with E-state index in [1.165, 1.54) is 12.1 Å². The Bertz CT molecular complexity index is 323. The fourth-order valence-electron chi connectivity index (χ4n) is 1.56. The minimum absolute atomic E-state index is 0.